The molecule has 1 heterocycles. The second-order valence-electron chi connectivity index (χ2n) is 3.69. The van der Waals surface area contributed by atoms with Crippen molar-refractivity contribution in [3.63, 3.8) is 0 Å². The predicted molar refractivity (Wildman–Crippen MR) is 61.6 cm³/mol. The lowest BCUT2D eigenvalue weighted by atomic mass is 10.2. The molecular formula is C10H10N3O5. The van der Waals surface area contributed by atoms with Crippen LogP contribution >= 0.6 is 0 Å². The molecule has 95 valence electrons. The topological polar surface area (TPSA) is 98.8 Å². The van der Waals surface area contributed by atoms with Crippen molar-refractivity contribution >= 4 is 17.1 Å². The molecule has 0 bridgehead atoms. The maximum absolute atomic E-state index is 10.9. The van der Waals surface area contributed by atoms with Gasteiger partial charge in [-0.3, -0.25) is 20.2 Å². The van der Waals surface area contributed by atoms with Crippen LogP contribution in [0.4, 0.5) is 17.1 Å². The Kier molecular flexibility index (Phi) is 3.38. The fourth-order valence-corrected chi connectivity index (χ4v) is 1.77. The monoisotopic (exact) mass is 252 g/mol. The van der Waals surface area contributed by atoms with Gasteiger partial charge in [0.15, 0.2) is 6.07 Å². The number of hydrogen-bond acceptors (Lipinski definition) is 6. The molecule has 1 saturated heterocycles. The Bertz CT molecular complexity index is 484. The minimum absolute atomic E-state index is 0.342. The number of ether oxygens (including phenoxy) is 1. The zero-order chi connectivity index (χ0) is 13.1. The molecule has 0 saturated carbocycles. The Morgan fingerprint density at radius 1 is 1.17 bits per heavy atom. The summed E-state index contributed by atoms with van der Waals surface area (Å²) >= 11 is 0. The van der Waals surface area contributed by atoms with Gasteiger partial charge in [0.05, 0.1) is 23.1 Å². The molecule has 0 aromatic heterocycles. The summed E-state index contributed by atoms with van der Waals surface area (Å²) in [6.07, 6.45) is 0. The normalized spacial score (nSPS) is 15.4. The molecule has 1 aliphatic heterocycles. The lowest BCUT2D eigenvalue weighted by Crippen LogP contribution is -2.36. The van der Waals surface area contributed by atoms with E-state index in [0.717, 1.165) is 0 Å². The van der Waals surface area contributed by atoms with Crippen LogP contribution < -0.4 is 4.90 Å². The van der Waals surface area contributed by atoms with E-state index in [1.165, 1.54) is 12.1 Å². The van der Waals surface area contributed by atoms with E-state index >= 15 is 0 Å². The van der Waals surface area contributed by atoms with Crippen LogP contribution in [-0.2, 0) is 4.74 Å². The highest BCUT2D eigenvalue weighted by Gasteiger charge is 2.25. The van der Waals surface area contributed by atoms with Gasteiger partial charge in [0.25, 0.3) is 5.69 Å². The zero-order valence-electron chi connectivity index (χ0n) is 9.37. The molecular weight excluding hydrogens is 242 g/mol. The fourth-order valence-electron chi connectivity index (χ4n) is 1.77. The molecule has 0 N–H and O–H groups in total. The van der Waals surface area contributed by atoms with Gasteiger partial charge in [0.1, 0.15) is 5.69 Å². The number of rotatable bonds is 3. The van der Waals surface area contributed by atoms with Crippen molar-refractivity contribution in [2.75, 3.05) is 31.2 Å². The molecule has 2 rings (SSSR count). The van der Waals surface area contributed by atoms with E-state index in [-0.39, 0.29) is 5.69 Å². The van der Waals surface area contributed by atoms with Crippen LogP contribution in [0.2, 0.25) is 0 Å². The van der Waals surface area contributed by atoms with Crippen LogP contribution in [-0.4, -0.2) is 36.1 Å². The standard InChI is InChI=1S/C10H10N3O5/c14-12(15)8-1-2-9(10(7-8)13(16)17)11-3-5-18-6-4-11/h1-2H,3-6H2. The second-order valence-corrected chi connectivity index (χ2v) is 3.69. The number of nitro benzene ring substituents is 2. The summed E-state index contributed by atoms with van der Waals surface area (Å²) in [5.41, 5.74) is -0.432. The third-order valence-corrected chi connectivity index (χ3v) is 2.62. The third kappa shape index (κ3) is 2.38. The smallest absolute Gasteiger partial charge is 0.307 e. The van der Waals surface area contributed by atoms with Gasteiger partial charge in [-0.1, -0.05) is 0 Å². The highest BCUT2D eigenvalue weighted by Crippen LogP contribution is 2.31. The van der Waals surface area contributed by atoms with E-state index in [1.807, 2.05) is 0 Å². The first-order chi connectivity index (χ1) is 8.59. The number of nitro groups is 2. The molecule has 0 atom stereocenters. The minimum atomic E-state index is -0.698. The van der Waals surface area contributed by atoms with E-state index in [2.05, 4.69) is 6.07 Å². The highest BCUT2D eigenvalue weighted by molar-refractivity contribution is 5.66. The minimum Gasteiger partial charge on any atom is -0.378 e. The van der Waals surface area contributed by atoms with E-state index in [9.17, 15) is 20.2 Å². The summed E-state index contributed by atoms with van der Waals surface area (Å²) in [4.78, 5) is 21.9. The molecule has 8 nitrogen and oxygen atoms in total. The van der Waals surface area contributed by atoms with Crippen molar-refractivity contribution in [2.24, 2.45) is 0 Å². The van der Waals surface area contributed by atoms with Gasteiger partial charge in [0, 0.05) is 19.2 Å². The van der Waals surface area contributed by atoms with Crippen molar-refractivity contribution < 1.29 is 14.6 Å². The second kappa shape index (κ2) is 4.96. The molecule has 0 spiro atoms. The Balaban J connectivity index is 2.39. The van der Waals surface area contributed by atoms with Gasteiger partial charge in [-0.15, -0.1) is 0 Å². The lowest BCUT2D eigenvalue weighted by molar-refractivity contribution is -0.394. The largest absolute Gasteiger partial charge is 0.378 e. The van der Waals surface area contributed by atoms with Gasteiger partial charge in [-0.05, 0) is 6.07 Å². The summed E-state index contributed by atoms with van der Waals surface area (Å²) in [6, 6.07) is 4.84. The van der Waals surface area contributed by atoms with E-state index < -0.39 is 15.5 Å². The Morgan fingerprint density at radius 2 is 1.83 bits per heavy atom. The molecule has 1 aliphatic rings. The molecule has 18 heavy (non-hydrogen) atoms. The summed E-state index contributed by atoms with van der Waals surface area (Å²) in [7, 11) is 0. The average molecular weight is 252 g/mol. The molecule has 0 unspecified atom stereocenters. The number of benzene rings is 1. The van der Waals surface area contributed by atoms with Gasteiger partial charge < -0.3 is 9.64 Å². The third-order valence-electron chi connectivity index (χ3n) is 2.62. The van der Waals surface area contributed by atoms with Gasteiger partial charge in [-0.2, -0.15) is 0 Å². The van der Waals surface area contributed by atoms with E-state index in [1.54, 1.807) is 4.90 Å². The first-order valence-corrected chi connectivity index (χ1v) is 5.27. The van der Waals surface area contributed by atoms with Gasteiger partial charge in [0.2, 0.25) is 0 Å². The van der Waals surface area contributed by atoms with Crippen molar-refractivity contribution in [3.8, 4) is 0 Å². The fraction of sp³-hybridized carbons (Fsp3) is 0.400. The number of nitrogens with zero attached hydrogens (tertiary/aromatic N) is 3. The first kappa shape index (κ1) is 12.2. The summed E-state index contributed by atoms with van der Waals surface area (Å²) in [5, 5.41) is 21.5. The van der Waals surface area contributed by atoms with Crippen LogP contribution in [0, 0.1) is 26.3 Å². The summed E-state index contributed by atoms with van der Waals surface area (Å²) < 4.78 is 5.15. The van der Waals surface area contributed by atoms with Gasteiger partial charge in [-0.25, -0.2) is 0 Å². The van der Waals surface area contributed by atoms with Crippen molar-refractivity contribution in [3.05, 3.63) is 38.4 Å². The molecule has 1 radical (unpaired) electrons. The zero-order valence-corrected chi connectivity index (χ0v) is 9.37. The molecule has 1 aromatic rings. The van der Waals surface area contributed by atoms with Crippen LogP contribution in [0.1, 0.15) is 0 Å². The molecule has 0 aliphatic carbocycles. The van der Waals surface area contributed by atoms with E-state index in [0.29, 0.717) is 32.0 Å². The molecule has 1 aromatic carbocycles. The van der Waals surface area contributed by atoms with Crippen LogP contribution in [0.5, 0.6) is 0 Å². The van der Waals surface area contributed by atoms with Crippen LogP contribution in [0.25, 0.3) is 0 Å². The number of morpholine rings is 1. The van der Waals surface area contributed by atoms with Crippen molar-refractivity contribution in [1.82, 2.24) is 0 Å². The predicted octanol–water partition coefficient (Wildman–Crippen LogP) is 1.14. The van der Waals surface area contributed by atoms with Crippen LogP contribution in [0.3, 0.4) is 0 Å². The first-order valence-electron chi connectivity index (χ1n) is 5.27. The SMILES string of the molecule is O=[N+]([O-])c1[c]c([N+](=O)[O-])c(N2CCOCC2)cc1. The Hall–Kier alpha value is -2.22. The highest BCUT2D eigenvalue weighted by atomic mass is 16.6. The Labute approximate surface area is 102 Å². The van der Waals surface area contributed by atoms with E-state index in [4.69, 9.17) is 4.74 Å². The molecule has 8 heteroatoms. The van der Waals surface area contributed by atoms with Crippen molar-refractivity contribution in [2.45, 2.75) is 0 Å². The Morgan fingerprint density at radius 3 is 2.39 bits per heavy atom. The number of non-ortho nitro benzene ring substituents is 1. The average Bonchev–Trinajstić information content (AvgIpc) is 2.39. The number of anilines is 1. The lowest BCUT2D eigenvalue weighted by Gasteiger charge is -2.28. The maximum atomic E-state index is 10.9. The van der Waals surface area contributed by atoms with Crippen molar-refractivity contribution in [1.29, 1.82) is 0 Å². The summed E-state index contributed by atoms with van der Waals surface area (Å²) in [6.45, 7) is 2.00. The quantitative estimate of drug-likeness (QED) is 0.590. The maximum Gasteiger partial charge on any atom is 0.307 e. The molecule has 1 fully saturated rings. The molecule has 0 amide bonds. The summed E-state index contributed by atoms with van der Waals surface area (Å²) in [5.74, 6) is 0. The van der Waals surface area contributed by atoms with Gasteiger partial charge >= 0.3 is 5.69 Å². The number of hydrogen-bond donors (Lipinski definition) is 0. The van der Waals surface area contributed by atoms with Crippen LogP contribution in [0.15, 0.2) is 12.1 Å².